The lowest BCUT2D eigenvalue weighted by molar-refractivity contribution is 0.181. The van der Waals surface area contributed by atoms with Gasteiger partial charge in [0.15, 0.2) is 0 Å². The second-order valence-electron chi connectivity index (χ2n) is 4.55. The molecule has 0 aromatic heterocycles. The zero-order chi connectivity index (χ0) is 11.8. The fraction of sp³-hybridized carbons (Fsp3) is 0.917. The first-order chi connectivity index (χ1) is 6.99. The molecule has 3 nitrogen and oxygen atoms in total. The van der Waals surface area contributed by atoms with Gasteiger partial charge < -0.3 is 5.73 Å². The van der Waals surface area contributed by atoms with Crippen LogP contribution in [0, 0.1) is 0 Å². The molecule has 3 heteroatoms. The van der Waals surface area contributed by atoms with Crippen LogP contribution in [0.25, 0.3) is 0 Å². The molecule has 0 aromatic carbocycles. The third-order valence-corrected chi connectivity index (χ3v) is 2.51. The molecule has 0 aromatic rings. The molecular formula is C12H27N3. The summed E-state index contributed by atoms with van der Waals surface area (Å²) in [5.41, 5.74) is 5.75. The lowest BCUT2D eigenvalue weighted by Crippen LogP contribution is -2.38. The molecular weight excluding hydrogens is 186 g/mol. The Hall–Kier alpha value is -0.570. The van der Waals surface area contributed by atoms with E-state index in [4.69, 9.17) is 5.73 Å². The van der Waals surface area contributed by atoms with E-state index in [-0.39, 0.29) is 0 Å². The smallest absolute Gasteiger partial charge is 0.0937 e. The van der Waals surface area contributed by atoms with Gasteiger partial charge in [-0.2, -0.15) is 0 Å². The Bertz CT molecular complexity index is 177. The van der Waals surface area contributed by atoms with E-state index in [1.807, 2.05) is 0 Å². The molecule has 0 saturated carbocycles. The van der Waals surface area contributed by atoms with Crippen LogP contribution in [0.1, 0.15) is 47.5 Å². The Balaban J connectivity index is 3.95. The zero-order valence-electron chi connectivity index (χ0n) is 11.0. The monoisotopic (exact) mass is 213 g/mol. The minimum Gasteiger partial charge on any atom is -0.387 e. The summed E-state index contributed by atoms with van der Waals surface area (Å²) < 4.78 is 0. The first-order valence-electron chi connectivity index (χ1n) is 6.03. The van der Waals surface area contributed by atoms with Crippen LogP contribution in [-0.2, 0) is 0 Å². The summed E-state index contributed by atoms with van der Waals surface area (Å²) in [5, 5.41) is 0. The predicted octanol–water partition coefficient (Wildman–Crippen LogP) is 2.26. The molecule has 0 heterocycles. The van der Waals surface area contributed by atoms with Gasteiger partial charge in [0.25, 0.3) is 0 Å². The summed E-state index contributed by atoms with van der Waals surface area (Å²) >= 11 is 0. The van der Waals surface area contributed by atoms with Gasteiger partial charge in [-0.05, 0) is 34.1 Å². The van der Waals surface area contributed by atoms with E-state index in [1.54, 1.807) is 0 Å². The number of nitrogens with two attached hydrogens (primary N) is 1. The van der Waals surface area contributed by atoms with Crippen LogP contribution in [0.3, 0.4) is 0 Å². The maximum Gasteiger partial charge on any atom is 0.0937 e. The van der Waals surface area contributed by atoms with Crippen molar-refractivity contribution in [2.45, 2.75) is 59.5 Å². The van der Waals surface area contributed by atoms with Crippen molar-refractivity contribution in [3.05, 3.63) is 0 Å². The third kappa shape index (κ3) is 6.50. The van der Waals surface area contributed by atoms with Crippen molar-refractivity contribution in [2.75, 3.05) is 13.1 Å². The molecule has 0 saturated heterocycles. The Morgan fingerprint density at radius 2 is 1.73 bits per heavy atom. The van der Waals surface area contributed by atoms with E-state index in [9.17, 15) is 0 Å². The highest BCUT2D eigenvalue weighted by molar-refractivity contribution is 5.80. The van der Waals surface area contributed by atoms with Crippen LogP contribution in [0.4, 0.5) is 0 Å². The van der Waals surface area contributed by atoms with E-state index >= 15 is 0 Å². The van der Waals surface area contributed by atoms with Crippen molar-refractivity contribution in [1.29, 1.82) is 0 Å². The standard InChI is InChI=1S/C12H27N3/c1-6-7-12(13)14-8-9-15(10(2)3)11(4)5/h10-11H,6-9H2,1-5H3,(H2,13,14). The van der Waals surface area contributed by atoms with Crippen LogP contribution in [0.5, 0.6) is 0 Å². The maximum atomic E-state index is 5.75. The average molecular weight is 213 g/mol. The summed E-state index contributed by atoms with van der Waals surface area (Å²) in [6.45, 7) is 12.8. The SMILES string of the molecule is CCCC(N)=NCCN(C(C)C)C(C)C. The molecule has 2 N–H and O–H groups in total. The molecule has 0 rings (SSSR count). The summed E-state index contributed by atoms with van der Waals surface area (Å²) in [7, 11) is 0. The molecule has 0 unspecified atom stereocenters. The maximum absolute atomic E-state index is 5.75. The lowest BCUT2D eigenvalue weighted by atomic mass is 10.2. The normalized spacial score (nSPS) is 13.2. The van der Waals surface area contributed by atoms with E-state index < -0.39 is 0 Å². The molecule has 0 bridgehead atoms. The summed E-state index contributed by atoms with van der Waals surface area (Å²) in [4.78, 5) is 6.80. The first kappa shape index (κ1) is 14.4. The molecule has 0 fully saturated rings. The molecule has 0 radical (unpaired) electrons. The van der Waals surface area contributed by atoms with Gasteiger partial charge in [0.1, 0.15) is 0 Å². The van der Waals surface area contributed by atoms with Crippen LogP contribution in [-0.4, -0.2) is 35.9 Å². The van der Waals surface area contributed by atoms with Gasteiger partial charge in [-0.15, -0.1) is 0 Å². The number of aliphatic imine (C=N–C) groups is 1. The zero-order valence-corrected chi connectivity index (χ0v) is 11.0. The van der Waals surface area contributed by atoms with E-state index in [2.05, 4.69) is 44.5 Å². The van der Waals surface area contributed by atoms with E-state index in [0.717, 1.165) is 31.8 Å². The Morgan fingerprint density at radius 3 is 2.13 bits per heavy atom. The van der Waals surface area contributed by atoms with Gasteiger partial charge in [-0.25, -0.2) is 0 Å². The number of hydrogen-bond donors (Lipinski definition) is 1. The Morgan fingerprint density at radius 1 is 1.20 bits per heavy atom. The minimum absolute atomic E-state index is 0.576. The fourth-order valence-electron chi connectivity index (χ4n) is 1.76. The third-order valence-electron chi connectivity index (χ3n) is 2.51. The van der Waals surface area contributed by atoms with Gasteiger partial charge in [0.2, 0.25) is 0 Å². The highest BCUT2D eigenvalue weighted by atomic mass is 15.2. The quantitative estimate of drug-likeness (QED) is 0.520. The molecule has 0 aliphatic carbocycles. The largest absolute Gasteiger partial charge is 0.387 e. The summed E-state index contributed by atoms with van der Waals surface area (Å²) in [5.74, 6) is 0.796. The number of hydrogen-bond acceptors (Lipinski definition) is 2. The first-order valence-corrected chi connectivity index (χ1v) is 6.03. The van der Waals surface area contributed by atoms with Gasteiger partial charge in [0, 0.05) is 25.0 Å². The Kier molecular flexibility index (Phi) is 7.39. The fourth-order valence-corrected chi connectivity index (χ4v) is 1.76. The van der Waals surface area contributed by atoms with Crippen molar-refractivity contribution in [1.82, 2.24) is 4.90 Å². The lowest BCUT2D eigenvalue weighted by Gasteiger charge is -2.29. The van der Waals surface area contributed by atoms with Crippen molar-refractivity contribution < 1.29 is 0 Å². The Labute approximate surface area is 94.7 Å². The molecule has 0 aliphatic rings. The van der Waals surface area contributed by atoms with Crippen molar-refractivity contribution >= 4 is 5.84 Å². The second-order valence-corrected chi connectivity index (χ2v) is 4.55. The second kappa shape index (κ2) is 7.69. The van der Waals surface area contributed by atoms with Gasteiger partial charge in [-0.3, -0.25) is 9.89 Å². The van der Waals surface area contributed by atoms with Gasteiger partial charge in [0.05, 0.1) is 12.4 Å². The molecule has 15 heavy (non-hydrogen) atoms. The van der Waals surface area contributed by atoms with Crippen LogP contribution >= 0.6 is 0 Å². The van der Waals surface area contributed by atoms with E-state index in [0.29, 0.717) is 12.1 Å². The van der Waals surface area contributed by atoms with Crippen LogP contribution in [0.15, 0.2) is 4.99 Å². The number of amidine groups is 1. The van der Waals surface area contributed by atoms with Gasteiger partial charge >= 0.3 is 0 Å². The minimum atomic E-state index is 0.576. The topological polar surface area (TPSA) is 41.6 Å². The van der Waals surface area contributed by atoms with E-state index in [1.165, 1.54) is 0 Å². The van der Waals surface area contributed by atoms with Crippen molar-refractivity contribution in [3.63, 3.8) is 0 Å². The number of nitrogens with zero attached hydrogens (tertiary/aromatic N) is 2. The van der Waals surface area contributed by atoms with Crippen LogP contribution < -0.4 is 5.73 Å². The number of rotatable bonds is 7. The molecule has 0 amide bonds. The van der Waals surface area contributed by atoms with Crippen molar-refractivity contribution in [3.8, 4) is 0 Å². The molecule has 0 aliphatic heterocycles. The highest BCUT2D eigenvalue weighted by Crippen LogP contribution is 2.03. The molecule has 90 valence electrons. The highest BCUT2D eigenvalue weighted by Gasteiger charge is 2.11. The van der Waals surface area contributed by atoms with Gasteiger partial charge in [-0.1, -0.05) is 6.92 Å². The van der Waals surface area contributed by atoms with Crippen molar-refractivity contribution in [2.24, 2.45) is 10.7 Å². The molecule has 0 atom stereocenters. The molecule has 0 spiro atoms. The predicted molar refractivity (Wildman–Crippen MR) is 68.4 cm³/mol. The summed E-state index contributed by atoms with van der Waals surface area (Å²) in [6.07, 6.45) is 2.00. The summed E-state index contributed by atoms with van der Waals surface area (Å²) in [6, 6.07) is 1.15. The van der Waals surface area contributed by atoms with Crippen LogP contribution in [0.2, 0.25) is 0 Å². The average Bonchev–Trinajstić information content (AvgIpc) is 2.11.